The summed E-state index contributed by atoms with van der Waals surface area (Å²) in [6, 6.07) is 13.3. The maximum atomic E-state index is 5.97. The number of anilines is 1. The molecule has 9 heteroatoms. The number of aliphatic imine (C=N–C) groups is 1. The van der Waals surface area contributed by atoms with E-state index in [0.29, 0.717) is 24.0 Å². The Morgan fingerprint density at radius 1 is 1.11 bits per heavy atom. The van der Waals surface area contributed by atoms with E-state index in [4.69, 9.17) is 15.2 Å². The molecule has 0 aliphatic heterocycles. The summed E-state index contributed by atoms with van der Waals surface area (Å²) in [5.41, 5.74) is 8.71. The standard InChI is InChI=1S/C18H20N6O2.HI/c1-25-16-8-5-14(9-17(16)26-2)23-18(19)21-10-13-3-6-15(7-4-13)24-12-20-11-22-24;/h3-9,11-12H,10H2,1-2H3,(H3,19,21,23);1H. The van der Waals surface area contributed by atoms with Gasteiger partial charge in [0.15, 0.2) is 17.5 Å². The van der Waals surface area contributed by atoms with E-state index in [0.717, 1.165) is 16.9 Å². The molecule has 3 aromatic rings. The molecule has 0 fully saturated rings. The average Bonchev–Trinajstić information content (AvgIpc) is 3.21. The van der Waals surface area contributed by atoms with E-state index >= 15 is 0 Å². The molecule has 0 atom stereocenters. The van der Waals surface area contributed by atoms with Gasteiger partial charge >= 0.3 is 0 Å². The fourth-order valence-electron chi connectivity index (χ4n) is 2.37. The number of aromatic nitrogens is 3. The topological polar surface area (TPSA) is 99.6 Å². The van der Waals surface area contributed by atoms with Gasteiger partial charge in [-0.15, -0.1) is 24.0 Å². The molecule has 0 radical (unpaired) electrons. The zero-order valence-corrected chi connectivity index (χ0v) is 17.3. The highest BCUT2D eigenvalue weighted by atomic mass is 127. The summed E-state index contributed by atoms with van der Waals surface area (Å²) < 4.78 is 12.2. The first-order valence-electron chi connectivity index (χ1n) is 7.92. The quantitative estimate of drug-likeness (QED) is 0.320. The zero-order valence-electron chi connectivity index (χ0n) is 15.0. The van der Waals surface area contributed by atoms with Gasteiger partial charge in [-0.05, 0) is 29.8 Å². The van der Waals surface area contributed by atoms with E-state index in [2.05, 4.69) is 20.4 Å². The van der Waals surface area contributed by atoms with Crippen LogP contribution in [0.5, 0.6) is 11.5 Å². The Balaban J connectivity index is 0.00000261. The summed E-state index contributed by atoms with van der Waals surface area (Å²) in [4.78, 5) is 8.29. The highest BCUT2D eigenvalue weighted by Gasteiger charge is 2.05. The van der Waals surface area contributed by atoms with Crippen LogP contribution in [0.4, 0.5) is 5.69 Å². The lowest BCUT2D eigenvalue weighted by Gasteiger charge is -2.11. The number of guanidine groups is 1. The minimum absolute atomic E-state index is 0. The molecule has 1 aromatic heterocycles. The van der Waals surface area contributed by atoms with Crippen LogP contribution in [-0.4, -0.2) is 34.9 Å². The van der Waals surface area contributed by atoms with Crippen molar-refractivity contribution in [3.8, 4) is 17.2 Å². The molecule has 8 nitrogen and oxygen atoms in total. The number of methoxy groups -OCH3 is 2. The molecule has 27 heavy (non-hydrogen) atoms. The molecule has 0 unspecified atom stereocenters. The molecule has 3 N–H and O–H groups in total. The van der Waals surface area contributed by atoms with E-state index in [-0.39, 0.29) is 24.0 Å². The number of hydrogen-bond acceptors (Lipinski definition) is 5. The normalized spacial score (nSPS) is 10.8. The third kappa shape index (κ3) is 5.33. The summed E-state index contributed by atoms with van der Waals surface area (Å²) in [6.45, 7) is 0.462. The van der Waals surface area contributed by atoms with Crippen molar-refractivity contribution in [1.82, 2.24) is 14.8 Å². The first-order chi connectivity index (χ1) is 12.7. The summed E-state index contributed by atoms with van der Waals surface area (Å²) in [5.74, 6) is 1.59. The monoisotopic (exact) mass is 480 g/mol. The van der Waals surface area contributed by atoms with Crippen molar-refractivity contribution in [1.29, 1.82) is 0 Å². The van der Waals surface area contributed by atoms with Gasteiger partial charge in [0.05, 0.1) is 26.5 Å². The van der Waals surface area contributed by atoms with Crippen molar-refractivity contribution in [2.75, 3.05) is 19.5 Å². The van der Waals surface area contributed by atoms with Gasteiger partial charge in [-0.2, -0.15) is 5.10 Å². The van der Waals surface area contributed by atoms with Gasteiger partial charge in [0.25, 0.3) is 0 Å². The number of ether oxygens (including phenoxy) is 2. The largest absolute Gasteiger partial charge is 0.493 e. The van der Waals surface area contributed by atoms with E-state index in [9.17, 15) is 0 Å². The molecule has 3 rings (SSSR count). The minimum atomic E-state index is 0. The van der Waals surface area contributed by atoms with Crippen molar-refractivity contribution in [3.63, 3.8) is 0 Å². The smallest absolute Gasteiger partial charge is 0.193 e. The van der Waals surface area contributed by atoms with Gasteiger partial charge in [0.2, 0.25) is 0 Å². The predicted octanol–water partition coefficient (Wildman–Crippen LogP) is 2.83. The maximum absolute atomic E-state index is 5.97. The molecule has 0 aliphatic carbocycles. The van der Waals surface area contributed by atoms with Crippen molar-refractivity contribution >= 4 is 35.6 Å². The molecule has 1 heterocycles. The highest BCUT2D eigenvalue weighted by Crippen LogP contribution is 2.29. The van der Waals surface area contributed by atoms with Crippen LogP contribution in [0, 0.1) is 0 Å². The van der Waals surface area contributed by atoms with Crippen molar-refractivity contribution < 1.29 is 9.47 Å². The number of rotatable bonds is 6. The number of benzene rings is 2. The van der Waals surface area contributed by atoms with Gasteiger partial charge in [-0.3, -0.25) is 0 Å². The van der Waals surface area contributed by atoms with Crippen LogP contribution >= 0.6 is 24.0 Å². The number of hydrogen-bond donors (Lipinski definition) is 2. The fraction of sp³-hybridized carbons (Fsp3) is 0.167. The molecule has 0 aliphatic rings. The molecule has 0 spiro atoms. The number of nitrogens with two attached hydrogens (primary N) is 1. The van der Waals surface area contributed by atoms with Crippen molar-refractivity contribution in [2.24, 2.45) is 10.7 Å². The van der Waals surface area contributed by atoms with Crippen LogP contribution in [0.2, 0.25) is 0 Å². The number of nitrogens with zero attached hydrogens (tertiary/aromatic N) is 4. The number of halogens is 1. The van der Waals surface area contributed by atoms with Gasteiger partial charge < -0.3 is 20.5 Å². The highest BCUT2D eigenvalue weighted by molar-refractivity contribution is 14.0. The molecule has 0 saturated carbocycles. The van der Waals surface area contributed by atoms with Gasteiger partial charge in [-0.25, -0.2) is 14.7 Å². The molecule has 0 bridgehead atoms. The maximum Gasteiger partial charge on any atom is 0.193 e. The van der Waals surface area contributed by atoms with Crippen LogP contribution in [0.15, 0.2) is 60.1 Å². The second-order valence-corrected chi connectivity index (χ2v) is 5.40. The van der Waals surface area contributed by atoms with Crippen molar-refractivity contribution in [3.05, 3.63) is 60.7 Å². The Morgan fingerprint density at radius 2 is 1.85 bits per heavy atom. The average molecular weight is 480 g/mol. The van der Waals surface area contributed by atoms with E-state index in [1.54, 1.807) is 37.4 Å². The van der Waals surface area contributed by atoms with Gasteiger partial charge in [-0.1, -0.05) is 12.1 Å². The van der Waals surface area contributed by atoms with Gasteiger partial charge in [0.1, 0.15) is 12.7 Å². The first-order valence-corrected chi connectivity index (χ1v) is 7.92. The van der Waals surface area contributed by atoms with Crippen LogP contribution in [0.25, 0.3) is 5.69 Å². The predicted molar refractivity (Wildman–Crippen MR) is 115 cm³/mol. The molecular formula is C18H21IN6O2. The lowest BCUT2D eigenvalue weighted by molar-refractivity contribution is 0.355. The summed E-state index contributed by atoms with van der Waals surface area (Å²) >= 11 is 0. The summed E-state index contributed by atoms with van der Waals surface area (Å²) in [7, 11) is 3.18. The second-order valence-electron chi connectivity index (χ2n) is 5.40. The third-order valence-electron chi connectivity index (χ3n) is 3.71. The minimum Gasteiger partial charge on any atom is -0.493 e. The Labute approximate surface area is 174 Å². The Bertz CT molecular complexity index is 881. The van der Waals surface area contributed by atoms with Crippen molar-refractivity contribution in [2.45, 2.75) is 6.54 Å². The summed E-state index contributed by atoms with van der Waals surface area (Å²) in [6.07, 6.45) is 3.15. The second kappa shape index (κ2) is 9.76. The molecule has 0 amide bonds. The van der Waals surface area contributed by atoms with Gasteiger partial charge in [0, 0.05) is 11.8 Å². The fourth-order valence-corrected chi connectivity index (χ4v) is 2.37. The van der Waals surface area contributed by atoms with E-state index in [1.165, 1.54) is 6.33 Å². The Morgan fingerprint density at radius 3 is 2.48 bits per heavy atom. The zero-order chi connectivity index (χ0) is 18.4. The molecule has 2 aromatic carbocycles. The first kappa shape index (κ1) is 20.5. The van der Waals surface area contributed by atoms with Crippen LogP contribution in [-0.2, 0) is 6.54 Å². The lowest BCUT2D eigenvalue weighted by atomic mass is 10.2. The SMILES string of the molecule is COc1ccc(NC(N)=NCc2ccc(-n3cncn3)cc2)cc1OC.I. The van der Waals surface area contributed by atoms with E-state index in [1.807, 2.05) is 30.3 Å². The molecule has 142 valence electrons. The summed E-state index contributed by atoms with van der Waals surface area (Å²) in [5, 5.41) is 7.13. The Hall–Kier alpha value is -2.82. The lowest BCUT2D eigenvalue weighted by Crippen LogP contribution is -2.22. The third-order valence-corrected chi connectivity index (χ3v) is 3.71. The molecular weight excluding hydrogens is 459 g/mol. The van der Waals surface area contributed by atoms with E-state index < -0.39 is 0 Å². The van der Waals surface area contributed by atoms with Crippen LogP contribution < -0.4 is 20.5 Å². The molecule has 0 saturated heterocycles. The van der Waals surface area contributed by atoms with Crippen LogP contribution in [0.3, 0.4) is 0 Å². The van der Waals surface area contributed by atoms with Crippen LogP contribution in [0.1, 0.15) is 5.56 Å². The Kier molecular flexibility index (Phi) is 7.41. The number of nitrogens with one attached hydrogen (secondary N) is 1.